The van der Waals surface area contributed by atoms with Crippen molar-refractivity contribution in [3.05, 3.63) is 28.2 Å². The monoisotopic (exact) mass is 267 g/mol. The molecule has 3 heteroatoms. The quantitative estimate of drug-likeness (QED) is 0.763. The first-order valence-electron chi connectivity index (χ1n) is 4.97. The minimum atomic E-state index is 0.650. The number of hydrogen-bond donors (Lipinski definition) is 0. The van der Waals surface area contributed by atoms with Crippen molar-refractivity contribution in [2.24, 2.45) is 0 Å². The molecule has 0 heterocycles. The van der Waals surface area contributed by atoms with Crippen molar-refractivity contribution in [3.63, 3.8) is 0 Å². The molecular formula is C12H14BrNO. The summed E-state index contributed by atoms with van der Waals surface area (Å²) in [7, 11) is 1.66. The van der Waals surface area contributed by atoms with E-state index in [0.29, 0.717) is 6.42 Å². The Balaban J connectivity index is 2.49. The Morgan fingerprint density at radius 3 is 2.80 bits per heavy atom. The first-order chi connectivity index (χ1) is 7.27. The van der Waals surface area contributed by atoms with Crippen molar-refractivity contribution in [1.29, 1.82) is 5.26 Å². The first-order valence-corrected chi connectivity index (χ1v) is 5.76. The smallest absolute Gasteiger partial charge is 0.133 e. The van der Waals surface area contributed by atoms with Crippen LogP contribution in [-0.4, -0.2) is 7.11 Å². The highest BCUT2D eigenvalue weighted by Gasteiger charge is 2.00. The lowest BCUT2D eigenvalue weighted by molar-refractivity contribution is 0.412. The summed E-state index contributed by atoms with van der Waals surface area (Å²) in [6.45, 7) is 0. The summed E-state index contributed by atoms with van der Waals surface area (Å²) in [5.41, 5.74) is 1.28. The van der Waals surface area contributed by atoms with E-state index in [-0.39, 0.29) is 0 Å². The molecule has 0 aliphatic heterocycles. The molecule has 15 heavy (non-hydrogen) atoms. The third-order valence-corrected chi connectivity index (χ3v) is 2.84. The molecule has 0 aromatic heterocycles. The minimum Gasteiger partial charge on any atom is -0.496 e. The number of hydrogen-bond acceptors (Lipinski definition) is 2. The van der Waals surface area contributed by atoms with Crippen LogP contribution in [0.1, 0.15) is 24.8 Å². The van der Waals surface area contributed by atoms with Gasteiger partial charge >= 0.3 is 0 Å². The van der Waals surface area contributed by atoms with Gasteiger partial charge in [-0.3, -0.25) is 0 Å². The van der Waals surface area contributed by atoms with Gasteiger partial charge in [0, 0.05) is 6.42 Å². The number of benzene rings is 1. The lowest BCUT2D eigenvalue weighted by Crippen LogP contribution is -1.89. The van der Waals surface area contributed by atoms with Crippen LogP contribution in [0.25, 0.3) is 0 Å². The van der Waals surface area contributed by atoms with Gasteiger partial charge in [-0.05, 0) is 52.9 Å². The van der Waals surface area contributed by atoms with E-state index < -0.39 is 0 Å². The lowest BCUT2D eigenvalue weighted by atomic mass is 10.1. The van der Waals surface area contributed by atoms with Crippen LogP contribution < -0.4 is 4.74 Å². The molecule has 0 aliphatic rings. The Kier molecular flexibility index (Phi) is 5.20. The van der Waals surface area contributed by atoms with Gasteiger partial charge in [-0.15, -0.1) is 0 Å². The summed E-state index contributed by atoms with van der Waals surface area (Å²) in [6, 6.07) is 8.26. The van der Waals surface area contributed by atoms with Gasteiger partial charge < -0.3 is 4.74 Å². The number of rotatable bonds is 5. The van der Waals surface area contributed by atoms with E-state index in [1.165, 1.54) is 5.56 Å². The number of halogens is 1. The SMILES string of the molecule is COc1ccc(CCCCC#N)cc1Br. The number of methoxy groups -OCH3 is 1. The van der Waals surface area contributed by atoms with Gasteiger partial charge in [0.05, 0.1) is 17.7 Å². The van der Waals surface area contributed by atoms with Crippen LogP contribution in [0.5, 0.6) is 5.75 Å². The van der Waals surface area contributed by atoms with Crippen molar-refractivity contribution in [2.75, 3.05) is 7.11 Å². The average Bonchev–Trinajstić information content (AvgIpc) is 2.25. The molecular weight excluding hydrogens is 254 g/mol. The van der Waals surface area contributed by atoms with Crippen LogP contribution in [0.3, 0.4) is 0 Å². The van der Waals surface area contributed by atoms with Gasteiger partial charge in [0.25, 0.3) is 0 Å². The third kappa shape index (κ3) is 3.93. The van der Waals surface area contributed by atoms with E-state index in [0.717, 1.165) is 29.5 Å². The van der Waals surface area contributed by atoms with Gasteiger partial charge in [0.1, 0.15) is 5.75 Å². The fourth-order valence-electron chi connectivity index (χ4n) is 1.40. The number of aryl methyl sites for hydroxylation is 1. The summed E-state index contributed by atoms with van der Waals surface area (Å²) >= 11 is 3.45. The molecule has 0 amide bonds. The summed E-state index contributed by atoms with van der Waals surface area (Å²) in [4.78, 5) is 0. The molecule has 2 nitrogen and oxygen atoms in total. The maximum Gasteiger partial charge on any atom is 0.133 e. The molecule has 0 spiro atoms. The molecule has 1 aromatic rings. The maximum atomic E-state index is 8.40. The number of unbranched alkanes of at least 4 members (excludes halogenated alkanes) is 2. The van der Waals surface area contributed by atoms with E-state index in [1.54, 1.807) is 7.11 Å². The third-order valence-electron chi connectivity index (χ3n) is 2.22. The second kappa shape index (κ2) is 6.47. The van der Waals surface area contributed by atoms with Crippen LogP contribution in [0.15, 0.2) is 22.7 Å². The van der Waals surface area contributed by atoms with Crippen molar-refractivity contribution in [1.82, 2.24) is 0 Å². The molecule has 80 valence electrons. The van der Waals surface area contributed by atoms with Crippen LogP contribution in [-0.2, 0) is 6.42 Å². The molecule has 0 saturated carbocycles. The molecule has 0 bridgehead atoms. The van der Waals surface area contributed by atoms with E-state index in [2.05, 4.69) is 34.1 Å². The van der Waals surface area contributed by atoms with E-state index in [4.69, 9.17) is 10.00 Å². The molecule has 0 radical (unpaired) electrons. The van der Waals surface area contributed by atoms with E-state index in [9.17, 15) is 0 Å². The van der Waals surface area contributed by atoms with E-state index in [1.807, 2.05) is 6.07 Å². The lowest BCUT2D eigenvalue weighted by Gasteiger charge is -2.05. The summed E-state index contributed by atoms with van der Waals surface area (Å²) in [5.74, 6) is 0.857. The standard InChI is InChI=1S/C12H14BrNO/c1-15-12-7-6-10(9-11(12)13)5-3-2-4-8-14/h6-7,9H,2-5H2,1H3. The van der Waals surface area contributed by atoms with Crippen LogP contribution in [0.4, 0.5) is 0 Å². The van der Waals surface area contributed by atoms with Crippen molar-refractivity contribution >= 4 is 15.9 Å². The van der Waals surface area contributed by atoms with Gasteiger partial charge in [0.2, 0.25) is 0 Å². The summed E-state index contributed by atoms with van der Waals surface area (Å²) in [6.07, 6.45) is 3.70. The molecule has 0 N–H and O–H groups in total. The van der Waals surface area contributed by atoms with Crippen molar-refractivity contribution < 1.29 is 4.74 Å². The fourth-order valence-corrected chi connectivity index (χ4v) is 1.99. The summed E-state index contributed by atoms with van der Waals surface area (Å²) < 4.78 is 6.14. The van der Waals surface area contributed by atoms with Crippen LogP contribution in [0.2, 0.25) is 0 Å². The van der Waals surface area contributed by atoms with Gasteiger partial charge in [-0.25, -0.2) is 0 Å². The molecule has 0 atom stereocenters. The number of nitrogens with zero attached hydrogens (tertiary/aromatic N) is 1. The van der Waals surface area contributed by atoms with Gasteiger partial charge in [-0.1, -0.05) is 6.07 Å². The molecule has 0 fully saturated rings. The predicted octanol–water partition coefficient (Wildman–Crippen LogP) is 3.69. The second-order valence-corrected chi connectivity index (χ2v) is 4.19. The van der Waals surface area contributed by atoms with E-state index >= 15 is 0 Å². The zero-order valence-corrected chi connectivity index (χ0v) is 10.4. The first kappa shape index (κ1) is 12.1. The second-order valence-electron chi connectivity index (χ2n) is 3.33. The number of ether oxygens (including phenoxy) is 1. The highest BCUT2D eigenvalue weighted by Crippen LogP contribution is 2.26. The highest BCUT2D eigenvalue weighted by atomic mass is 79.9. The molecule has 1 rings (SSSR count). The number of nitriles is 1. The summed E-state index contributed by atoms with van der Waals surface area (Å²) in [5, 5.41) is 8.40. The largest absolute Gasteiger partial charge is 0.496 e. The maximum absolute atomic E-state index is 8.40. The normalized spacial score (nSPS) is 9.67. The Bertz CT molecular complexity index is 357. The zero-order valence-electron chi connectivity index (χ0n) is 8.79. The van der Waals surface area contributed by atoms with Crippen LogP contribution in [0, 0.1) is 11.3 Å². The van der Waals surface area contributed by atoms with Crippen molar-refractivity contribution in [3.8, 4) is 11.8 Å². The van der Waals surface area contributed by atoms with Gasteiger partial charge in [-0.2, -0.15) is 5.26 Å². The minimum absolute atomic E-state index is 0.650. The predicted molar refractivity (Wildman–Crippen MR) is 63.9 cm³/mol. The molecule has 0 unspecified atom stereocenters. The fraction of sp³-hybridized carbons (Fsp3) is 0.417. The average molecular weight is 268 g/mol. The topological polar surface area (TPSA) is 33.0 Å². The van der Waals surface area contributed by atoms with Gasteiger partial charge in [0.15, 0.2) is 0 Å². The zero-order chi connectivity index (χ0) is 11.1. The van der Waals surface area contributed by atoms with Crippen LogP contribution >= 0.6 is 15.9 Å². The Labute approximate surface area is 99.0 Å². The Morgan fingerprint density at radius 1 is 1.40 bits per heavy atom. The molecule has 1 aromatic carbocycles. The molecule has 0 saturated heterocycles. The Morgan fingerprint density at radius 2 is 2.20 bits per heavy atom. The molecule has 0 aliphatic carbocycles. The van der Waals surface area contributed by atoms with Crippen molar-refractivity contribution in [2.45, 2.75) is 25.7 Å². The highest BCUT2D eigenvalue weighted by molar-refractivity contribution is 9.10. The Hall–Kier alpha value is -1.01.